The van der Waals surface area contributed by atoms with E-state index in [0.717, 1.165) is 28.4 Å². The summed E-state index contributed by atoms with van der Waals surface area (Å²) in [4.78, 5) is 13.5. The normalized spacial score (nSPS) is 15.8. The zero-order valence-corrected chi connectivity index (χ0v) is 15.3. The highest BCUT2D eigenvalue weighted by Gasteiger charge is 2.19. The van der Waals surface area contributed by atoms with E-state index in [0.29, 0.717) is 13.2 Å². The third-order valence-corrected chi connectivity index (χ3v) is 5.15. The minimum absolute atomic E-state index is 0.0134. The number of amides is 1. The fourth-order valence-electron chi connectivity index (χ4n) is 2.63. The van der Waals surface area contributed by atoms with Gasteiger partial charge in [-0.3, -0.25) is 4.79 Å². The van der Waals surface area contributed by atoms with Crippen LogP contribution in [0.4, 0.5) is 0 Å². The number of fused-ring (bicyclic) bond motifs is 1. The first kappa shape index (κ1) is 17.7. The molecule has 1 aliphatic rings. The SMILES string of the molecule is CC(Sc1ccc2c(c1)OCCCO2)C(=O)NC(C)c1ccccc1. The van der Waals surface area contributed by atoms with E-state index in [-0.39, 0.29) is 17.2 Å². The molecule has 2 atom stereocenters. The second-order valence-electron chi connectivity index (χ2n) is 6.06. The van der Waals surface area contributed by atoms with Gasteiger partial charge in [-0.1, -0.05) is 30.3 Å². The summed E-state index contributed by atoms with van der Waals surface area (Å²) < 4.78 is 11.4. The lowest BCUT2D eigenvalue weighted by atomic mass is 10.1. The lowest BCUT2D eigenvalue weighted by molar-refractivity contribution is -0.120. The highest BCUT2D eigenvalue weighted by molar-refractivity contribution is 8.00. The summed E-state index contributed by atoms with van der Waals surface area (Å²) in [7, 11) is 0. The number of nitrogens with one attached hydrogen (secondary N) is 1. The van der Waals surface area contributed by atoms with Crippen LogP contribution < -0.4 is 14.8 Å². The monoisotopic (exact) mass is 357 g/mol. The molecule has 0 spiro atoms. The Bertz CT molecular complexity index is 720. The summed E-state index contributed by atoms with van der Waals surface area (Å²) in [5.41, 5.74) is 1.10. The van der Waals surface area contributed by atoms with Crippen LogP contribution in [-0.2, 0) is 4.79 Å². The molecule has 1 amide bonds. The van der Waals surface area contributed by atoms with Crippen molar-refractivity contribution in [3.05, 3.63) is 54.1 Å². The minimum Gasteiger partial charge on any atom is -0.490 e. The first-order valence-electron chi connectivity index (χ1n) is 8.55. The molecular formula is C20H23NO3S. The second-order valence-corrected chi connectivity index (χ2v) is 7.47. The van der Waals surface area contributed by atoms with Crippen LogP contribution in [0.15, 0.2) is 53.4 Å². The van der Waals surface area contributed by atoms with Crippen molar-refractivity contribution < 1.29 is 14.3 Å². The van der Waals surface area contributed by atoms with Gasteiger partial charge in [-0.05, 0) is 37.6 Å². The van der Waals surface area contributed by atoms with Crippen molar-refractivity contribution in [1.82, 2.24) is 5.32 Å². The molecular weight excluding hydrogens is 334 g/mol. The summed E-state index contributed by atoms with van der Waals surface area (Å²) in [5, 5.41) is 2.87. The van der Waals surface area contributed by atoms with Gasteiger partial charge in [-0.2, -0.15) is 0 Å². The Morgan fingerprint density at radius 3 is 2.52 bits per heavy atom. The van der Waals surface area contributed by atoms with Crippen molar-refractivity contribution in [3.63, 3.8) is 0 Å². The zero-order valence-electron chi connectivity index (χ0n) is 14.5. The molecule has 0 bridgehead atoms. The number of carbonyl (C=O) groups excluding carboxylic acids is 1. The van der Waals surface area contributed by atoms with Crippen LogP contribution in [0.2, 0.25) is 0 Å². The third-order valence-electron chi connectivity index (χ3n) is 4.06. The summed E-state index contributed by atoms with van der Waals surface area (Å²) in [6.07, 6.45) is 0.882. The average molecular weight is 357 g/mol. The van der Waals surface area contributed by atoms with Gasteiger partial charge < -0.3 is 14.8 Å². The molecule has 2 unspecified atom stereocenters. The number of hydrogen-bond donors (Lipinski definition) is 1. The Balaban J connectivity index is 1.60. The van der Waals surface area contributed by atoms with Gasteiger partial charge in [-0.15, -0.1) is 11.8 Å². The number of benzene rings is 2. The topological polar surface area (TPSA) is 47.6 Å². The van der Waals surface area contributed by atoms with Gasteiger partial charge in [0, 0.05) is 11.3 Å². The van der Waals surface area contributed by atoms with E-state index in [1.54, 1.807) is 0 Å². The molecule has 1 N–H and O–H groups in total. The van der Waals surface area contributed by atoms with E-state index in [2.05, 4.69) is 5.32 Å². The molecule has 4 nitrogen and oxygen atoms in total. The number of ether oxygens (including phenoxy) is 2. The Morgan fingerprint density at radius 2 is 1.76 bits per heavy atom. The van der Waals surface area contributed by atoms with Crippen molar-refractivity contribution in [2.75, 3.05) is 13.2 Å². The molecule has 0 saturated carbocycles. The first-order valence-corrected chi connectivity index (χ1v) is 9.43. The van der Waals surface area contributed by atoms with Crippen LogP contribution in [0.3, 0.4) is 0 Å². The highest BCUT2D eigenvalue weighted by atomic mass is 32.2. The number of rotatable bonds is 5. The molecule has 1 heterocycles. The quantitative estimate of drug-likeness (QED) is 0.815. The van der Waals surface area contributed by atoms with Gasteiger partial charge in [0.2, 0.25) is 5.91 Å². The van der Waals surface area contributed by atoms with Crippen molar-refractivity contribution in [2.45, 2.75) is 36.5 Å². The molecule has 0 aliphatic carbocycles. The lowest BCUT2D eigenvalue weighted by Crippen LogP contribution is -2.33. The van der Waals surface area contributed by atoms with Crippen LogP contribution in [0.25, 0.3) is 0 Å². The second kappa shape index (κ2) is 8.30. The van der Waals surface area contributed by atoms with Gasteiger partial charge in [-0.25, -0.2) is 0 Å². The van der Waals surface area contributed by atoms with E-state index < -0.39 is 0 Å². The maximum absolute atomic E-state index is 12.5. The van der Waals surface area contributed by atoms with E-state index >= 15 is 0 Å². The number of hydrogen-bond acceptors (Lipinski definition) is 4. The Morgan fingerprint density at radius 1 is 1.04 bits per heavy atom. The molecule has 132 valence electrons. The maximum Gasteiger partial charge on any atom is 0.233 e. The van der Waals surface area contributed by atoms with Gasteiger partial charge in [0.15, 0.2) is 11.5 Å². The van der Waals surface area contributed by atoms with Gasteiger partial charge in [0.25, 0.3) is 0 Å². The number of carbonyl (C=O) groups is 1. The minimum atomic E-state index is -0.198. The van der Waals surface area contributed by atoms with Crippen molar-refractivity contribution in [2.24, 2.45) is 0 Å². The molecule has 0 aromatic heterocycles. The van der Waals surface area contributed by atoms with E-state index in [4.69, 9.17) is 9.47 Å². The molecule has 0 fully saturated rings. The maximum atomic E-state index is 12.5. The molecule has 0 radical (unpaired) electrons. The number of thioether (sulfide) groups is 1. The average Bonchev–Trinajstić information content (AvgIpc) is 2.87. The standard InChI is InChI=1S/C20H23NO3S/c1-14(16-7-4-3-5-8-16)21-20(22)15(2)25-17-9-10-18-19(13-17)24-12-6-11-23-18/h3-5,7-10,13-15H,6,11-12H2,1-2H3,(H,21,22). The molecule has 2 aromatic carbocycles. The van der Waals surface area contributed by atoms with Crippen LogP contribution in [0.5, 0.6) is 11.5 Å². The summed E-state index contributed by atoms with van der Waals surface area (Å²) in [5.74, 6) is 1.55. The van der Waals surface area contributed by atoms with Crippen LogP contribution >= 0.6 is 11.8 Å². The van der Waals surface area contributed by atoms with Crippen molar-refractivity contribution >= 4 is 17.7 Å². The highest BCUT2D eigenvalue weighted by Crippen LogP contribution is 2.35. The predicted molar refractivity (Wildman–Crippen MR) is 100 cm³/mol. The molecule has 5 heteroatoms. The summed E-state index contributed by atoms with van der Waals surface area (Å²) in [6.45, 7) is 5.25. The Hall–Kier alpha value is -2.14. The van der Waals surface area contributed by atoms with Crippen LogP contribution in [-0.4, -0.2) is 24.4 Å². The van der Waals surface area contributed by atoms with Crippen LogP contribution in [0, 0.1) is 0 Å². The molecule has 25 heavy (non-hydrogen) atoms. The largest absolute Gasteiger partial charge is 0.490 e. The fourth-order valence-corrected chi connectivity index (χ4v) is 3.54. The van der Waals surface area contributed by atoms with Gasteiger partial charge in [0.1, 0.15) is 0 Å². The van der Waals surface area contributed by atoms with Gasteiger partial charge in [0.05, 0.1) is 24.5 Å². The smallest absolute Gasteiger partial charge is 0.233 e. The molecule has 0 saturated heterocycles. The van der Waals surface area contributed by atoms with Crippen molar-refractivity contribution in [1.29, 1.82) is 0 Å². The first-order chi connectivity index (χ1) is 12.1. The van der Waals surface area contributed by atoms with Crippen molar-refractivity contribution in [3.8, 4) is 11.5 Å². The Kier molecular flexibility index (Phi) is 5.87. The zero-order chi connectivity index (χ0) is 17.6. The fraction of sp³-hybridized carbons (Fsp3) is 0.350. The lowest BCUT2D eigenvalue weighted by Gasteiger charge is -2.18. The Labute approximate surface area is 152 Å². The predicted octanol–water partition coefficient (Wildman–Crippen LogP) is 4.21. The summed E-state index contributed by atoms with van der Waals surface area (Å²) >= 11 is 1.52. The van der Waals surface area contributed by atoms with E-state index in [9.17, 15) is 4.79 Å². The molecule has 1 aliphatic heterocycles. The molecule has 3 rings (SSSR count). The van der Waals surface area contributed by atoms with E-state index in [1.807, 2.05) is 62.4 Å². The summed E-state index contributed by atoms with van der Waals surface area (Å²) in [6, 6.07) is 15.8. The van der Waals surface area contributed by atoms with Gasteiger partial charge >= 0.3 is 0 Å². The van der Waals surface area contributed by atoms with Crippen LogP contribution in [0.1, 0.15) is 31.9 Å². The third kappa shape index (κ3) is 4.69. The van der Waals surface area contributed by atoms with E-state index in [1.165, 1.54) is 11.8 Å². The molecule has 2 aromatic rings.